The first-order valence-corrected chi connectivity index (χ1v) is 9.14. The van der Waals surface area contributed by atoms with Crippen LogP contribution in [-0.4, -0.2) is 25.3 Å². The highest BCUT2D eigenvalue weighted by molar-refractivity contribution is 9.09. The van der Waals surface area contributed by atoms with Gasteiger partial charge >= 0.3 is 0 Å². The van der Waals surface area contributed by atoms with Gasteiger partial charge < -0.3 is 0 Å². The molecule has 2 nitrogen and oxygen atoms in total. The Kier molecular flexibility index (Phi) is 5.30. The topological polar surface area (TPSA) is 34.1 Å². The van der Waals surface area contributed by atoms with Crippen molar-refractivity contribution in [3.05, 3.63) is 0 Å². The molecule has 0 aromatic heterocycles. The molecule has 0 radical (unpaired) electrons. The van der Waals surface area contributed by atoms with Crippen molar-refractivity contribution < 1.29 is 8.42 Å². The van der Waals surface area contributed by atoms with E-state index in [1.165, 1.54) is 12.8 Å². The molecule has 1 aliphatic carbocycles. The SMILES string of the molecule is CCC(C)CS(=O)(=O)CC1(CBr)CCCC1. The van der Waals surface area contributed by atoms with Crippen molar-refractivity contribution in [2.45, 2.75) is 46.0 Å². The zero-order chi connectivity index (χ0) is 12.2. The summed E-state index contributed by atoms with van der Waals surface area (Å²) >= 11 is 3.50. The van der Waals surface area contributed by atoms with Crippen LogP contribution in [0.25, 0.3) is 0 Å². The monoisotopic (exact) mass is 310 g/mol. The minimum atomic E-state index is -2.88. The highest BCUT2D eigenvalue weighted by Gasteiger charge is 2.37. The molecule has 0 N–H and O–H groups in total. The molecule has 0 amide bonds. The smallest absolute Gasteiger partial charge is 0.151 e. The van der Waals surface area contributed by atoms with Gasteiger partial charge in [0.15, 0.2) is 9.84 Å². The molecular formula is C12H23BrO2S. The Balaban J connectivity index is 2.63. The van der Waals surface area contributed by atoms with Crippen LogP contribution in [0.2, 0.25) is 0 Å². The molecule has 1 fully saturated rings. The quantitative estimate of drug-likeness (QED) is 0.705. The molecule has 0 saturated heterocycles. The minimum absolute atomic E-state index is 0.0340. The van der Waals surface area contributed by atoms with E-state index in [4.69, 9.17) is 0 Å². The van der Waals surface area contributed by atoms with Crippen LogP contribution < -0.4 is 0 Å². The van der Waals surface area contributed by atoms with E-state index in [1.54, 1.807) is 0 Å². The van der Waals surface area contributed by atoms with Gasteiger partial charge in [-0.2, -0.15) is 0 Å². The Labute approximate surface area is 108 Å². The summed E-state index contributed by atoms with van der Waals surface area (Å²) in [7, 11) is -2.88. The lowest BCUT2D eigenvalue weighted by molar-refractivity contribution is 0.393. The molecule has 16 heavy (non-hydrogen) atoms. The van der Waals surface area contributed by atoms with E-state index >= 15 is 0 Å². The molecule has 1 unspecified atom stereocenters. The van der Waals surface area contributed by atoms with Crippen molar-refractivity contribution in [1.29, 1.82) is 0 Å². The molecule has 1 atom stereocenters. The summed E-state index contributed by atoms with van der Waals surface area (Å²) in [5.74, 6) is 1.03. The Morgan fingerprint density at radius 2 is 1.88 bits per heavy atom. The van der Waals surface area contributed by atoms with Gasteiger partial charge in [-0.15, -0.1) is 0 Å². The number of halogens is 1. The largest absolute Gasteiger partial charge is 0.229 e. The van der Waals surface area contributed by atoms with Crippen LogP contribution in [0.3, 0.4) is 0 Å². The molecule has 0 aromatic rings. The Morgan fingerprint density at radius 1 is 1.31 bits per heavy atom. The summed E-state index contributed by atoms with van der Waals surface area (Å²) in [6.07, 6.45) is 5.45. The van der Waals surface area contributed by atoms with Crippen molar-refractivity contribution in [2.75, 3.05) is 16.8 Å². The summed E-state index contributed by atoms with van der Waals surface area (Å²) in [5.41, 5.74) is 0.0340. The zero-order valence-electron chi connectivity index (χ0n) is 10.3. The summed E-state index contributed by atoms with van der Waals surface area (Å²) in [6, 6.07) is 0. The van der Waals surface area contributed by atoms with Crippen LogP contribution in [0.1, 0.15) is 46.0 Å². The van der Waals surface area contributed by atoms with Gasteiger partial charge in [-0.3, -0.25) is 0 Å². The fraction of sp³-hybridized carbons (Fsp3) is 1.00. The summed E-state index contributed by atoms with van der Waals surface area (Å²) in [6.45, 7) is 4.07. The van der Waals surface area contributed by atoms with Gasteiger partial charge in [0.25, 0.3) is 0 Å². The fourth-order valence-corrected chi connectivity index (χ4v) is 6.08. The van der Waals surface area contributed by atoms with Gasteiger partial charge in [-0.05, 0) is 24.2 Å². The van der Waals surface area contributed by atoms with Crippen molar-refractivity contribution >= 4 is 25.8 Å². The standard InChI is InChI=1S/C12H23BrO2S/c1-3-11(2)8-16(14,15)10-12(9-13)6-4-5-7-12/h11H,3-10H2,1-2H3. The van der Waals surface area contributed by atoms with Gasteiger partial charge in [-0.1, -0.05) is 49.0 Å². The number of sulfone groups is 1. The second-order valence-electron chi connectivity index (χ2n) is 5.41. The number of hydrogen-bond acceptors (Lipinski definition) is 2. The van der Waals surface area contributed by atoms with Gasteiger partial charge in [0.1, 0.15) is 0 Å². The van der Waals surface area contributed by atoms with Gasteiger partial charge in [0.05, 0.1) is 11.5 Å². The molecule has 1 aliphatic rings. The fourth-order valence-electron chi connectivity index (χ4n) is 2.52. The molecule has 0 bridgehead atoms. The van der Waals surface area contributed by atoms with Crippen LogP contribution in [0, 0.1) is 11.3 Å². The molecule has 0 aromatic carbocycles. The van der Waals surface area contributed by atoms with Crippen LogP contribution in [0.4, 0.5) is 0 Å². The first-order valence-electron chi connectivity index (χ1n) is 6.19. The Bertz CT molecular complexity index is 305. The van der Waals surface area contributed by atoms with Gasteiger partial charge in [0, 0.05) is 5.33 Å². The third-order valence-corrected chi connectivity index (χ3v) is 7.03. The normalized spacial score (nSPS) is 22.2. The highest BCUT2D eigenvalue weighted by Crippen LogP contribution is 2.41. The Morgan fingerprint density at radius 3 is 2.31 bits per heavy atom. The van der Waals surface area contributed by atoms with Crippen LogP contribution >= 0.6 is 15.9 Å². The number of alkyl halides is 1. The predicted molar refractivity (Wildman–Crippen MR) is 72.8 cm³/mol. The molecular weight excluding hydrogens is 288 g/mol. The van der Waals surface area contributed by atoms with Crippen molar-refractivity contribution in [3.63, 3.8) is 0 Å². The van der Waals surface area contributed by atoms with Crippen LogP contribution in [-0.2, 0) is 9.84 Å². The molecule has 1 rings (SSSR count). The third kappa shape index (κ3) is 4.02. The van der Waals surface area contributed by atoms with Crippen molar-refractivity contribution in [2.24, 2.45) is 11.3 Å². The number of rotatable bonds is 6. The van der Waals surface area contributed by atoms with Crippen molar-refractivity contribution in [1.82, 2.24) is 0 Å². The first kappa shape index (κ1) is 14.5. The van der Waals surface area contributed by atoms with E-state index in [2.05, 4.69) is 22.9 Å². The molecule has 4 heteroatoms. The van der Waals surface area contributed by atoms with Crippen LogP contribution in [0.5, 0.6) is 0 Å². The lowest BCUT2D eigenvalue weighted by Gasteiger charge is -2.26. The summed E-state index contributed by atoms with van der Waals surface area (Å²) in [5, 5.41) is 0.833. The maximum atomic E-state index is 12.1. The maximum absolute atomic E-state index is 12.1. The van der Waals surface area contributed by atoms with Crippen molar-refractivity contribution in [3.8, 4) is 0 Å². The van der Waals surface area contributed by atoms with E-state index < -0.39 is 9.84 Å². The maximum Gasteiger partial charge on any atom is 0.151 e. The number of hydrogen-bond donors (Lipinski definition) is 0. The van der Waals surface area contributed by atoms with E-state index in [0.29, 0.717) is 17.4 Å². The zero-order valence-corrected chi connectivity index (χ0v) is 12.7. The minimum Gasteiger partial charge on any atom is -0.229 e. The molecule has 1 saturated carbocycles. The average molecular weight is 311 g/mol. The molecule has 0 heterocycles. The molecule has 96 valence electrons. The van der Waals surface area contributed by atoms with Gasteiger partial charge in [-0.25, -0.2) is 8.42 Å². The van der Waals surface area contributed by atoms with Crippen LogP contribution in [0.15, 0.2) is 0 Å². The van der Waals surface area contributed by atoms with E-state index in [9.17, 15) is 8.42 Å². The predicted octanol–water partition coefficient (Wildman–Crippen LogP) is 3.40. The lowest BCUT2D eigenvalue weighted by atomic mass is 9.92. The van der Waals surface area contributed by atoms with Gasteiger partial charge in [0.2, 0.25) is 0 Å². The highest BCUT2D eigenvalue weighted by atomic mass is 79.9. The molecule has 0 aliphatic heterocycles. The Hall–Kier alpha value is 0.430. The van der Waals surface area contributed by atoms with E-state index in [-0.39, 0.29) is 5.41 Å². The van der Waals surface area contributed by atoms with E-state index in [1.807, 2.05) is 6.92 Å². The summed E-state index contributed by atoms with van der Waals surface area (Å²) in [4.78, 5) is 0. The lowest BCUT2D eigenvalue weighted by Crippen LogP contribution is -2.31. The third-order valence-electron chi connectivity index (χ3n) is 3.71. The summed E-state index contributed by atoms with van der Waals surface area (Å²) < 4.78 is 24.2. The second-order valence-corrected chi connectivity index (χ2v) is 8.08. The first-order chi connectivity index (χ1) is 7.43. The second kappa shape index (κ2) is 5.85. The van der Waals surface area contributed by atoms with E-state index in [0.717, 1.165) is 24.6 Å². The average Bonchev–Trinajstić information content (AvgIpc) is 2.65. The molecule has 0 spiro atoms.